The Morgan fingerprint density at radius 2 is 1.95 bits per heavy atom. The Hall–Kier alpha value is -1.69. The normalized spacial score (nSPS) is 10.7. The largest absolute Gasteiger partial charge is 0.476 e. The van der Waals surface area contributed by atoms with E-state index in [0.29, 0.717) is 12.1 Å². The Balaban J connectivity index is 2.62. The van der Waals surface area contributed by atoms with E-state index in [1.165, 1.54) is 0 Å². The lowest BCUT2D eigenvalue weighted by Gasteiger charge is -2.09. The van der Waals surface area contributed by atoms with Crippen molar-refractivity contribution in [2.24, 2.45) is 0 Å². The first-order valence-electron chi connectivity index (χ1n) is 5.90. The van der Waals surface area contributed by atoms with Crippen LogP contribution in [0.3, 0.4) is 0 Å². The summed E-state index contributed by atoms with van der Waals surface area (Å²) in [7, 11) is 0. The van der Waals surface area contributed by atoms with Crippen LogP contribution in [-0.4, -0.2) is 26.1 Å². The molecule has 1 N–H and O–H groups in total. The van der Waals surface area contributed by atoms with E-state index >= 15 is 0 Å². The molecule has 0 atom stereocenters. The van der Waals surface area contributed by atoms with Crippen LogP contribution >= 0.6 is 15.9 Å². The molecule has 0 unspecified atom stereocenters. The minimum atomic E-state index is -1.05. The molecule has 5 nitrogen and oxygen atoms in total. The third-order valence-electron chi connectivity index (χ3n) is 2.97. The maximum absolute atomic E-state index is 11.1. The summed E-state index contributed by atoms with van der Waals surface area (Å²) in [4.78, 5) is 11.1. The average molecular weight is 324 g/mol. The molecule has 0 bridgehead atoms. The highest BCUT2D eigenvalue weighted by Crippen LogP contribution is 2.25. The first-order chi connectivity index (χ1) is 8.95. The molecule has 2 aromatic rings. The van der Waals surface area contributed by atoms with Crippen LogP contribution in [-0.2, 0) is 6.42 Å². The number of rotatable bonds is 3. The van der Waals surface area contributed by atoms with E-state index < -0.39 is 5.97 Å². The van der Waals surface area contributed by atoms with Gasteiger partial charge >= 0.3 is 5.97 Å². The molecule has 0 aliphatic heterocycles. The SMILES string of the molecule is CCc1c(C(=O)O)nnn1-c1cc(C)c(Br)c(C)c1. The van der Waals surface area contributed by atoms with E-state index in [2.05, 4.69) is 26.2 Å². The zero-order valence-electron chi connectivity index (χ0n) is 10.9. The lowest BCUT2D eigenvalue weighted by molar-refractivity contribution is 0.0689. The molecule has 0 radical (unpaired) electrons. The predicted molar refractivity (Wildman–Crippen MR) is 74.9 cm³/mol. The van der Waals surface area contributed by atoms with Crippen molar-refractivity contribution in [1.82, 2.24) is 15.0 Å². The van der Waals surface area contributed by atoms with Crippen LogP contribution in [0.5, 0.6) is 0 Å². The number of benzene rings is 1. The van der Waals surface area contributed by atoms with Gasteiger partial charge in [-0.1, -0.05) is 28.1 Å². The first-order valence-corrected chi connectivity index (χ1v) is 6.70. The van der Waals surface area contributed by atoms with E-state index in [1.807, 2.05) is 32.9 Å². The van der Waals surface area contributed by atoms with E-state index in [9.17, 15) is 4.79 Å². The molecule has 1 aromatic heterocycles. The molecule has 6 heteroatoms. The molecular formula is C13H14BrN3O2. The lowest BCUT2D eigenvalue weighted by atomic mass is 10.1. The molecule has 19 heavy (non-hydrogen) atoms. The summed E-state index contributed by atoms with van der Waals surface area (Å²) < 4.78 is 2.64. The summed E-state index contributed by atoms with van der Waals surface area (Å²) in [5.41, 5.74) is 3.60. The second kappa shape index (κ2) is 5.13. The van der Waals surface area contributed by atoms with Gasteiger partial charge in [0.2, 0.25) is 0 Å². The Labute approximate surface area is 119 Å². The zero-order chi connectivity index (χ0) is 14.2. The van der Waals surface area contributed by atoms with Crippen molar-refractivity contribution in [2.45, 2.75) is 27.2 Å². The molecule has 0 saturated carbocycles. The number of hydrogen-bond donors (Lipinski definition) is 1. The van der Waals surface area contributed by atoms with Crippen LogP contribution in [0.2, 0.25) is 0 Å². The van der Waals surface area contributed by atoms with Crippen molar-refractivity contribution in [3.05, 3.63) is 39.1 Å². The minimum Gasteiger partial charge on any atom is -0.476 e. The van der Waals surface area contributed by atoms with Gasteiger partial charge in [0.15, 0.2) is 5.69 Å². The fraction of sp³-hybridized carbons (Fsp3) is 0.308. The van der Waals surface area contributed by atoms with Crippen molar-refractivity contribution in [1.29, 1.82) is 0 Å². The van der Waals surface area contributed by atoms with Crippen molar-refractivity contribution >= 4 is 21.9 Å². The van der Waals surface area contributed by atoms with Crippen molar-refractivity contribution < 1.29 is 9.90 Å². The van der Waals surface area contributed by atoms with Gasteiger partial charge in [0.1, 0.15) is 0 Å². The smallest absolute Gasteiger partial charge is 0.358 e. The van der Waals surface area contributed by atoms with Crippen LogP contribution in [0.1, 0.15) is 34.2 Å². The monoisotopic (exact) mass is 323 g/mol. The number of hydrogen-bond acceptors (Lipinski definition) is 3. The summed E-state index contributed by atoms with van der Waals surface area (Å²) in [6, 6.07) is 3.91. The van der Waals surface area contributed by atoms with E-state index in [4.69, 9.17) is 5.11 Å². The molecule has 0 fully saturated rings. The molecule has 100 valence electrons. The Morgan fingerprint density at radius 1 is 1.37 bits per heavy atom. The molecule has 1 heterocycles. The Bertz CT molecular complexity index is 626. The van der Waals surface area contributed by atoms with Gasteiger partial charge < -0.3 is 5.11 Å². The number of aromatic carboxylic acids is 1. The van der Waals surface area contributed by atoms with Crippen LogP contribution in [0.4, 0.5) is 0 Å². The number of carboxylic acids is 1. The van der Waals surface area contributed by atoms with E-state index in [-0.39, 0.29) is 5.69 Å². The fourth-order valence-electron chi connectivity index (χ4n) is 2.04. The van der Waals surface area contributed by atoms with Crippen LogP contribution in [0.15, 0.2) is 16.6 Å². The third-order valence-corrected chi connectivity index (χ3v) is 4.22. The van der Waals surface area contributed by atoms with Gasteiger partial charge in [-0.3, -0.25) is 0 Å². The van der Waals surface area contributed by atoms with Crippen LogP contribution < -0.4 is 0 Å². The van der Waals surface area contributed by atoms with Gasteiger partial charge in [0.05, 0.1) is 11.4 Å². The highest BCUT2D eigenvalue weighted by Gasteiger charge is 2.18. The van der Waals surface area contributed by atoms with Gasteiger partial charge in [-0.2, -0.15) is 0 Å². The summed E-state index contributed by atoms with van der Waals surface area (Å²) in [6.07, 6.45) is 0.558. The van der Waals surface area contributed by atoms with E-state index in [0.717, 1.165) is 21.3 Å². The predicted octanol–water partition coefficient (Wildman–Crippen LogP) is 2.91. The second-order valence-electron chi connectivity index (χ2n) is 4.35. The number of halogens is 1. The van der Waals surface area contributed by atoms with E-state index in [1.54, 1.807) is 4.68 Å². The Kier molecular flexibility index (Phi) is 3.71. The molecule has 0 aliphatic carbocycles. The van der Waals surface area contributed by atoms with Gasteiger partial charge in [0, 0.05) is 4.47 Å². The average Bonchev–Trinajstić information content (AvgIpc) is 2.79. The minimum absolute atomic E-state index is 0.0146. The molecule has 1 aromatic carbocycles. The van der Waals surface area contributed by atoms with Gasteiger partial charge in [0.25, 0.3) is 0 Å². The summed E-state index contributed by atoms with van der Waals surface area (Å²) >= 11 is 3.51. The standard InChI is InChI=1S/C13H14BrN3O2/c1-4-10-12(13(18)19)15-16-17(10)9-5-7(2)11(14)8(3)6-9/h5-6H,4H2,1-3H3,(H,18,19). The molecule has 0 amide bonds. The molecule has 0 aliphatic rings. The quantitative estimate of drug-likeness (QED) is 0.943. The van der Waals surface area contributed by atoms with Crippen LogP contribution in [0, 0.1) is 13.8 Å². The Morgan fingerprint density at radius 3 is 2.42 bits per heavy atom. The summed E-state index contributed by atoms with van der Waals surface area (Å²) in [5.74, 6) is -1.05. The molecular weight excluding hydrogens is 310 g/mol. The number of nitrogens with zero attached hydrogens (tertiary/aromatic N) is 3. The molecule has 0 spiro atoms. The van der Waals surface area contributed by atoms with Crippen molar-refractivity contribution in [2.75, 3.05) is 0 Å². The van der Waals surface area contributed by atoms with Crippen LogP contribution in [0.25, 0.3) is 5.69 Å². The highest BCUT2D eigenvalue weighted by atomic mass is 79.9. The number of carbonyl (C=O) groups is 1. The maximum atomic E-state index is 11.1. The summed E-state index contributed by atoms with van der Waals surface area (Å²) in [6.45, 7) is 5.86. The zero-order valence-corrected chi connectivity index (χ0v) is 12.5. The van der Waals surface area contributed by atoms with Crippen molar-refractivity contribution in [3.8, 4) is 5.69 Å². The maximum Gasteiger partial charge on any atom is 0.358 e. The molecule has 2 rings (SSSR count). The fourth-order valence-corrected chi connectivity index (χ4v) is 2.27. The number of aromatic nitrogens is 3. The molecule has 0 saturated heterocycles. The topological polar surface area (TPSA) is 68.0 Å². The lowest BCUT2D eigenvalue weighted by Crippen LogP contribution is -2.06. The summed E-state index contributed by atoms with van der Waals surface area (Å²) in [5, 5.41) is 16.8. The first kappa shape index (κ1) is 13.7. The number of carboxylic acid groups (broad SMARTS) is 1. The highest BCUT2D eigenvalue weighted by molar-refractivity contribution is 9.10. The van der Waals surface area contributed by atoms with Gasteiger partial charge in [-0.25, -0.2) is 9.48 Å². The van der Waals surface area contributed by atoms with Gasteiger partial charge in [-0.05, 0) is 43.5 Å². The van der Waals surface area contributed by atoms with Gasteiger partial charge in [-0.15, -0.1) is 5.10 Å². The number of aryl methyl sites for hydroxylation is 2. The second-order valence-corrected chi connectivity index (χ2v) is 5.14. The van der Waals surface area contributed by atoms with Crippen molar-refractivity contribution in [3.63, 3.8) is 0 Å². The third kappa shape index (κ3) is 2.40.